The summed E-state index contributed by atoms with van der Waals surface area (Å²) in [5.74, 6) is -1.99. The van der Waals surface area contributed by atoms with Gasteiger partial charge in [-0.15, -0.1) is 0 Å². The predicted octanol–water partition coefficient (Wildman–Crippen LogP) is 2.21. The summed E-state index contributed by atoms with van der Waals surface area (Å²) in [6, 6.07) is 3.04. The summed E-state index contributed by atoms with van der Waals surface area (Å²) in [7, 11) is 0. The van der Waals surface area contributed by atoms with Crippen molar-refractivity contribution < 1.29 is 13.6 Å². The summed E-state index contributed by atoms with van der Waals surface area (Å²) in [6.07, 6.45) is 4.42. The number of rotatable bonds is 4. The topological polar surface area (TPSA) is 55.1 Å². The second kappa shape index (κ2) is 6.10. The first kappa shape index (κ1) is 13.9. The van der Waals surface area contributed by atoms with Crippen molar-refractivity contribution in [1.82, 2.24) is 5.32 Å². The van der Waals surface area contributed by atoms with Crippen molar-refractivity contribution in [1.29, 1.82) is 0 Å². The molecule has 1 aromatic carbocycles. The number of nitrogens with one attached hydrogen (secondary N) is 1. The van der Waals surface area contributed by atoms with Crippen LogP contribution >= 0.6 is 0 Å². The van der Waals surface area contributed by atoms with E-state index in [2.05, 4.69) is 5.32 Å². The molecular weight excluding hydrogens is 250 g/mol. The Morgan fingerprint density at radius 2 is 2.00 bits per heavy atom. The molecule has 0 spiro atoms. The standard InChI is InChI=1S/C14H18F2N2O/c15-11-6-5-10(7-12(11)16)14(19)18-13(8-17)9-3-1-2-4-9/h5-7,9,13H,1-4,8,17H2,(H,18,19). The summed E-state index contributed by atoms with van der Waals surface area (Å²) in [5.41, 5.74) is 5.80. The van der Waals surface area contributed by atoms with Crippen LogP contribution in [0.2, 0.25) is 0 Å². The molecular formula is C14H18F2N2O. The molecule has 1 fully saturated rings. The fraction of sp³-hybridized carbons (Fsp3) is 0.500. The number of hydrogen-bond acceptors (Lipinski definition) is 2. The summed E-state index contributed by atoms with van der Waals surface area (Å²) < 4.78 is 25.9. The second-order valence-electron chi connectivity index (χ2n) is 4.99. The van der Waals surface area contributed by atoms with E-state index in [0.29, 0.717) is 12.5 Å². The van der Waals surface area contributed by atoms with Gasteiger partial charge in [-0.3, -0.25) is 4.79 Å². The lowest BCUT2D eigenvalue weighted by molar-refractivity contribution is 0.0923. The molecule has 2 rings (SSSR count). The third-order valence-electron chi connectivity index (χ3n) is 3.72. The van der Waals surface area contributed by atoms with Crippen LogP contribution in [-0.4, -0.2) is 18.5 Å². The van der Waals surface area contributed by atoms with E-state index in [9.17, 15) is 13.6 Å². The maximum Gasteiger partial charge on any atom is 0.251 e. The van der Waals surface area contributed by atoms with Gasteiger partial charge in [0.2, 0.25) is 0 Å². The largest absolute Gasteiger partial charge is 0.348 e. The van der Waals surface area contributed by atoms with Gasteiger partial charge in [0.05, 0.1) is 0 Å². The van der Waals surface area contributed by atoms with Crippen molar-refractivity contribution in [3.63, 3.8) is 0 Å². The van der Waals surface area contributed by atoms with Gasteiger partial charge in [0.25, 0.3) is 5.91 Å². The maximum absolute atomic E-state index is 13.1. The van der Waals surface area contributed by atoms with Crippen LogP contribution in [0.15, 0.2) is 18.2 Å². The van der Waals surface area contributed by atoms with E-state index in [4.69, 9.17) is 5.73 Å². The number of carbonyl (C=O) groups is 1. The average Bonchev–Trinajstić information content (AvgIpc) is 2.92. The van der Waals surface area contributed by atoms with Gasteiger partial charge in [0.1, 0.15) is 0 Å². The highest BCUT2D eigenvalue weighted by molar-refractivity contribution is 5.94. The van der Waals surface area contributed by atoms with Crippen molar-refractivity contribution >= 4 is 5.91 Å². The Balaban J connectivity index is 2.04. The van der Waals surface area contributed by atoms with Gasteiger partial charge < -0.3 is 11.1 Å². The van der Waals surface area contributed by atoms with Crippen molar-refractivity contribution in [3.05, 3.63) is 35.4 Å². The highest BCUT2D eigenvalue weighted by Crippen LogP contribution is 2.27. The summed E-state index contributed by atoms with van der Waals surface area (Å²) in [6.45, 7) is 0.361. The zero-order valence-corrected chi connectivity index (χ0v) is 10.7. The third kappa shape index (κ3) is 3.29. The highest BCUT2D eigenvalue weighted by atomic mass is 19.2. The summed E-state index contributed by atoms with van der Waals surface area (Å²) in [5, 5.41) is 2.82. The third-order valence-corrected chi connectivity index (χ3v) is 3.72. The van der Waals surface area contributed by atoms with Crippen molar-refractivity contribution in [2.45, 2.75) is 31.7 Å². The Morgan fingerprint density at radius 3 is 2.58 bits per heavy atom. The fourth-order valence-electron chi connectivity index (χ4n) is 2.62. The first-order valence-electron chi connectivity index (χ1n) is 6.58. The SMILES string of the molecule is NCC(NC(=O)c1ccc(F)c(F)c1)C1CCCC1. The first-order chi connectivity index (χ1) is 9.11. The van der Waals surface area contributed by atoms with Crippen LogP contribution in [0.3, 0.4) is 0 Å². The monoisotopic (exact) mass is 268 g/mol. The molecule has 1 aromatic rings. The quantitative estimate of drug-likeness (QED) is 0.879. The molecule has 1 aliphatic rings. The fourth-order valence-corrected chi connectivity index (χ4v) is 2.62. The minimum atomic E-state index is -1.02. The normalized spacial score (nSPS) is 17.4. The summed E-state index contributed by atoms with van der Waals surface area (Å²) >= 11 is 0. The van der Waals surface area contributed by atoms with Crippen molar-refractivity contribution in [3.8, 4) is 0 Å². The molecule has 104 valence electrons. The smallest absolute Gasteiger partial charge is 0.251 e. The molecule has 3 nitrogen and oxygen atoms in total. The molecule has 1 aliphatic carbocycles. The zero-order chi connectivity index (χ0) is 13.8. The van der Waals surface area contributed by atoms with Crippen LogP contribution < -0.4 is 11.1 Å². The minimum Gasteiger partial charge on any atom is -0.348 e. The average molecular weight is 268 g/mol. The van der Waals surface area contributed by atoms with E-state index in [0.717, 1.165) is 37.8 Å². The molecule has 3 N–H and O–H groups in total. The summed E-state index contributed by atoms with van der Waals surface area (Å²) in [4.78, 5) is 12.0. The van der Waals surface area contributed by atoms with Gasteiger partial charge in [-0.05, 0) is 37.0 Å². The Morgan fingerprint density at radius 1 is 1.32 bits per heavy atom. The molecule has 0 heterocycles. The zero-order valence-electron chi connectivity index (χ0n) is 10.7. The number of hydrogen-bond donors (Lipinski definition) is 2. The predicted molar refractivity (Wildman–Crippen MR) is 68.6 cm³/mol. The van der Waals surface area contributed by atoms with Gasteiger partial charge in [0.15, 0.2) is 11.6 Å². The molecule has 5 heteroatoms. The Bertz CT molecular complexity index is 459. The lowest BCUT2D eigenvalue weighted by atomic mass is 9.98. The van der Waals surface area contributed by atoms with Gasteiger partial charge >= 0.3 is 0 Å². The number of halogens is 2. The molecule has 0 aromatic heterocycles. The van der Waals surface area contributed by atoms with Crippen LogP contribution in [0.25, 0.3) is 0 Å². The van der Waals surface area contributed by atoms with Crippen LogP contribution in [0.5, 0.6) is 0 Å². The second-order valence-corrected chi connectivity index (χ2v) is 4.99. The van der Waals surface area contributed by atoms with Gasteiger partial charge in [-0.25, -0.2) is 8.78 Å². The van der Waals surface area contributed by atoms with Crippen LogP contribution in [0.4, 0.5) is 8.78 Å². The molecule has 19 heavy (non-hydrogen) atoms. The lowest BCUT2D eigenvalue weighted by Gasteiger charge is -2.23. The molecule has 0 bridgehead atoms. The van der Waals surface area contributed by atoms with E-state index in [1.54, 1.807) is 0 Å². The van der Waals surface area contributed by atoms with Crippen molar-refractivity contribution in [2.75, 3.05) is 6.54 Å². The molecule has 0 radical (unpaired) electrons. The number of carbonyl (C=O) groups excluding carboxylic acids is 1. The van der Waals surface area contributed by atoms with Gasteiger partial charge in [0, 0.05) is 18.2 Å². The van der Waals surface area contributed by atoms with E-state index in [1.807, 2.05) is 0 Å². The lowest BCUT2D eigenvalue weighted by Crippen LogP contribution is -2.44. The molecule has 1 amide bonds. The van der Waals surface area contributed by atoms with Gasteiger partial charge in [-0.1, -0.05) is 12.8 Å². The van der Waals surface area contributed by atoms with Crippen LogP contribution in [0.1, 0.15) is 36.0 Å². The Kier molecular flexibility index (Phi) is 4.47. The van der Waals surface area contributed by atoms with E-state index < -0.39 is 17.5 Å². The molecule has 0 aliphatic heterocycles. The number of benzene rings is 1. The minimum absolute atomic E-state index is 0.0943. The van der Waals surface area contributed by atoms with Crippen LogP contribution in [-0.2, 0) is 0 Å². The molecule has 0 saturated heterocycles. The van der Waals surface area contributed by atoms with Gasteiger partial charge in [-0.2, -0.15) is 0 Å². The number of nitrogens with two attached hydrogens (primary N) is 1. The van der Waals surface area contributed by atoms with E-state index in [1.165, 1.54) is 6.07 Å². The van der Waals surface area contributed by atoms with Crippen molar-refractivity contribution in [2.24, 2.45) is 11.7 Å². The van der Waals surface area contributed by atoms with E-state index >= 15 is 0 Å². The molecule has 1 saturated carbocycles. The first-order valence-corrected chi connectivity index (χ1v) is 6.58. The van der Waals surface area contributed by atoms with E-state index in [-0.39, 0.29) is 11.6 Å². The highest BCUT2D eigenvalue weighted by Gasteiger charge is 2.25. The number of amides is 1. The Labute approximate surface area is 111 Å². The maximum atomic E-state index is 13.1. The van der Waals surface area contributed by atoms with Crippen LogP contribution in [0, 0.1) is 17.6 Å². The molecule has 1 atom stereocenters. The Hall–Kier alpha value is -1.49. The molecule has 1 unspecified atom stereocenters.